The molecule has 0 saturated heterocycles. The second-order valence-electron chi connectivity index (χ2n) is 4.28. The van der Waals surface area contributed by atoms with Crippen LogP contribution in [-0.2, 0) is 6.54 Å². The van der Waals surface area contributed by atoms with E-state index in [2.05, 4.69) is 10.1 Å². The van der Waals surface area contributed by atoms with Crippen molar-refractivity contribution in [2.45, 2.75) is 6.54 Å². The van der Waals surface area contributed by atoms with E-state index in [0.29, 0.717) is 23.6 Å². The van der Waals surface area contributed by atoms with Gasteiger partial charge in [-0.1, -0.05) is 5.16 Å². The SMILES string of the molecule is CN(C)Cc1noc(-c2cc([N+](=O)[O-])ccc2N)n1. The van der Waals surface area contributed by atoms with E-state index in [9.17, 15) is 10.1 Å². The zero-order valence-corrected chi connectivity index (χ0v) is 10.5. The number of nitro benzene ring substituents is 1. The minimum atomic E-state index is -0.500. The van der Waals surface area contributed by atoms with Gasteiger partial charge >= 0.3 is 0 Å². The van der Waals surface area contributed by atoms with E-state index in [1.54, 1.807) is 0 Å². The zero-order chi connectivity index (χ0) is 14.0. The van der Waals surface area contributed by atoms with Crippen molar-refractivity contribution < 1.29 is 9.45 Å². The maximum Gasteiger partial charge on any atom is 0.270 e. The molecule has 2 N–H and O–H groups in total. The lowest BCUT2D eigenvalue weighted by atomic mass is 10.1. The van der Waals surface area contributed by atoms with E-state index in [4.69, 9.17) is 10.3 Å². The number of hydrogen-bond acceptors (Lipinski definition) is 7. The highest BCUT2D eigenvalue weighted by Crippen LogP contribution is 2.28. The smallest absolute Gasteiger partial charge is 0.270 e. The first-order valence-corrected chi connectivity index (χ1v) is 5.49. The van der Waals surface area contributed by atoms with E-state index >= 15 is 0 Å². The normalized spacial score (nSPS) is 10.9. The van der Waals surface area contributed by atoms with Gasteiger partial charge in [0.1, 0.15) is 0 Å². The maximum absolute atomic E-state index is 10.7. The molecule has 0 amide bonds. The van der Waals surface area contributed by atoms with Crippen LogP contribution in [0.25, 0.3) is 11.5 Å². The Labute approximate surface area is 109 Å². The van der Waals surface area contributed by atoms with Gasteiger partial charge < -0.3 is 15.2 Å². The summed E-state index contributed by atoms with van der Waals surface area (Å²) < 4.78 is 5.08. The summed E-state index contributed by atoms with van der Waals surface area (Å²) in [5.41, 5.74) is 6.42. The van der Waals surface area contributed by atoms with Gasteiger partial charge in [-0.3, -0.25) is 10.1 Å². The van der Waals surface area contributed by atoms with Crippen LogP contribution in [-0.4, -0.2) is 34.1 Å². The number of hydrogen-bond donors (Lipinski definition) is 1. The molecule has 0 atom stereocenters. The molecule has 0 bridgehead atoms. The predicted molar refractivity (Wildman–Crippen MR) is 68.2 cm³/mol. The predicted octanol–water partition coefficient (Wildman–Crippen LogP) is 1.29. The summed E-state index contributed by atoms with van der Waals surface area (Å²) in [4.78, 5) is 16.3. The monoisotopic (exact) mass is 263 g/mol. The lowest BCUT2D eigenvalue weighted by Gasteiger charge is -2.03. The summed E-state index contributed by atoms with van der Waals surface area (Å²) >= 11 is 0. The highest BCUT2D eigenvalue weighted by molar-refractivity contribution is 5.73. The van der Waals surface area contributed by atoms with Gasteiger partial charge in [-0.05, 0) is 20.2 Å². The molecule has 19 heavy (non-hydrogen) atoms. The molecule has 2 aromatic rings. The average molecular weight is 263 g/mol. The third-order valence-electron chi connectivity index (χ3n) is 2.40. The number of aromatic nitrogens is 2. The Bertz CT molecular complexity index is 608. The van der Waals surface area contributed by atoms with E-state index in [1.165, 1.54) is 18.2 Å². The Morgan fingerprint density at radius 3 is 2.84 bits per heavy atom. The molecule has 0 radical (unpaired) electrons. The quantitative estimate of drug-likeness (QED) is 0.502. The molecule has 1 heterocycles. The molecule has 0 unspecified atom stereocenters. The fourth-order valence-electron chi connectivity index (χ4n) is 1.55. The summed E-state index contributed by atoms with van der Waals surface area (Å²) in [6.45, 7) is 0.512. The maximum atomic E-state index is 10.7. The van der Waals surface area contributed by atoms with E-state index in [-0.39, 0.29) is 11.6 Å². The Kier molecular flexibility index (Phi) is 3.43. The minimum Gasteiger partial charge on any atom is -0.398 e. The first kappa shape index (κ1) is 13.0. The van der Waals surface area contributed by atoms with Gasteiger partial charge in [0.2, 0.25) is 0 Å². The molecule has 0 fully saturated rings. The van der Waals surface area contributed by atoms with Crippen molar-refractivity contribution in [1.82, 2.24) is 15.0 Å². The van der Waals surface area contributed by atoms with Gasteiger partial charge in [-0.15, -0.1) is 0 Å². The van der Waals surface area contributed by atoms with Crippen LogP contribution in [0.1, 0.15) is 5.82 Å². The molecule has 1 aromatic heterocycles. The van der Waals surface area contributed by atoms with E-state index < -0.39 is 4.92 Å². The number of nitrogens with zero attached hydrogens (tertiary/aromatic N) is 4. The van der Waals surface area contributed by atoms with Gasteiger partial charge in [0.15, 0.2) is 5.82 Å². The van der Waals surface area contributed by atoms with Crippen LogP contribution in [0.2, 0.25) is 0 Å². The first-order chi connectivity index (χ1) is 8.97. The van der Waals surface area contributed by atoms with Crippen molar-refractivity contribution in [3.8, 4) is 11.5 Å². The first-order valence-electron chi connectivity index (χ1n) is 5.49. The van der Waals surface area contributed by atoms with Crippen molar-refractivity contribution in [1.29, 1.82) is 0 Å². The van der Waals surface area contributed by atoms with E-state index in [0.717, 1.165) is 0 Å². The molecule has 8 nitrogen and oxygen atoms in total. The number of nitrogen functional groups attached to an aromatic ring is 1. The third-order valence-corrected chi connectivity index (χ3v) is 2.40. The van der Waals surface area contributed by atoms with E-state index in [1.807, 2.05) is 19.0 Å². The molecular weight excluding hydrogens is 250 g/mol. The minimum absolute atomic E-state index is 0.0726. The van der Waals surface area contributed by atoms with Gasteiger partial charge in [0.05, 0.1) is 17.0 Å². The van der Waals surface area contributed by atoms with Crippen LogP contribution in [0.4, 0.5) is 11.4 Å². The van der Waals surface area contributed by atoms with Crippen LogP contribution < -0.4 is 5.73 Å². The van der Waals surface area contributed by atoms with Crippen LogP contribution in [0.3, 0.4) is 0 Å². The molecule has 100 valence electrons. The molecule has 0 spiro atoms. The number of benzene rings is 1. The second kappa shape index (κ2) is 5.02. The standard InChI is InChI=1S/C11H13N5O3/c1-15(2)6-10-13-11(19-14-10)8-5-7(16(17)18)3-4-9(8)12/h3-5H,6,12H2,1-2H3. The summed E-state index contributed by atoms with van der Waals surface area (Å²) in [6, 6.07) is 4.10. The number of rotatable bonds is 4. The van der Waals surface area contributed by atoms with Crippen LogP contribution in [0, 0.1) is 10.1 Å². The lowest BCUT2D eigenvalue weighted by molar-refractivity contribution is -0.384. The fourth-order valence-corrected chi connectivity index (χ4v) is 1.55. The molecule has 0 aliphatic rings. The Hall–Kier alpha value is -2.48. The highest BCUT2D eigenvalue weighted by atomic mass is 16.6. The van der Waals surface area contributed by atoms with Crippen molar-refractivity contribution >= 4 is 11.4 Å². The number of nitrogens with two attached hydrogens (primary N) is 1. The number of nitro groups is 1. The summed E-state index contributed by atoms with van der Waals surface area (Å²) in [7, 11) is 3.75. The summed E-state index contributed by atoms with van der Waals surface area (Å²) in [6.07, 6.45) is 0. The lowest BCUT2D eigenvalue weighted by Crippen LogP contribution is -2.11. The topological polar surface area (TPSA) is 111 Å². The molecule has 8 heteroatoms. The van der Waals surface area contributed by atoms with Crippen molar-refractivity contribution in [2.24, 2.45) is 0 Å². The van der Waals surface area contributed by atoms with Gasteiger partial charge in [-0.25, -0.2) is 0 Å². The molecule has 0 saturated carbocycles. The largest absolute Gasteiger partial charge is 0.398 e. The Morgan fingerprint density at radius 2 is 2.21 bits per heavy atom. The van der Waals surface area contributed by atoms with Gasteiger partial charge in [0, 0.05) is 17.8 Å². The van der Waals surface area contributed by atoms with Crippen molar-refractivity contribution in [3.05, 3.63) is 34.1 Å². The van der Waals surface area contributed by atoms with Gasteiger partial charge in [0.25, 0.3) is 11.6 Å². The van der Waals surface area contributed by atoms with Crippen LogP contribution in [0.15, 0.2) is 22.7 Å². The van der Waals surface area contributed by atoms with Crippen molar-refractivity contribution in [2.75, 3.05) is 19.8 Å². The highest BCUT2D eigenvalue weighted by Gasteiger charge is 2.16. The molecular formula is C11H13N5O3. The van der Waals surface area contributed by atoms with Crippen molar-refractivity contribution in [3.63, 3.8) is 0 Å². The average Bonchev–Trinajstić information content (AvgIpc) is 2.76. The van der Waals surface area contributed by atoms with Crippen LogP contribution >= 0.6 is 0 Å². The molecule has 0 aliphatic heterocycles. The van der Waals surface area contributed by atoms with Crippen LogP contribution in [0.5, 0.6) is 0 Å². The summed E-state index contributed by atoms with van der Waals surface area (Å²) in [5.74, 6) is 0.670. The third kappa shape index (κ3) is 2.86. The molecule has 1 aromatic carbocycles. The molecule has 2 rings (SSSR count). The van der Waals surface area contributed by atoms with Gasteiger partial charge in [-0.2, -0.15) is 4.98 Å². The second-order valence-corrected chi connectivity index (χ2v) is 4.28. The summed E-state index contributed by atoms with van der Waals surface area (Å²) in [5, 5.41) is 14.5. The molecule has 0 aliphatic carbocycles. The number of anilines is 1. The Morgan fingerprint density at radius 1 is 1.47 bits per heavy atom. The zero-order valence-electron chi connectivity index (χ0n) is 10.5. The number of non-ortho nitro benzene ring substituents is 1. The Balaban J connectivity index is 2.38. The fraction of sp³-hybridized carbons (Fsp3) is 0.273.